The number of fused-ring (bicyclic) bond motifs is 1. The molecule has 0 saturated carbocycles. The predicted octanol–water partition coefficient (Wildman–Crippen LogP) is 2.83. The predicted molar refractivity (Wildman–Crippen MR) is 93.7 cm³/mol. The Balaban J connectivity index is 2.39. The highest BCUT2D eigenvalue weighted by molar-refractivity contribution is 6.31. The lowest BCUT2D eigenvalue weighted by Gasteiger charge is -2.45. The smallest absolute Gasteiger partial charge is 0.191 e. The fourth-order valence-corrected chi connectivity index (χ4v) is 4.17. The molecule has 2 N–H and O–H groups in total. The van der Waals surface area contributed by atoms with Crippen LogP contribution < -0.4 is 5.73 Å². The molecule has 0 radical (unpaired) electrons. The molecule has 3 rings (SSSR count). The molecule has 1 aromatic rings. The quantitative estimate of drug-likeness (QED) is 0.822. The summed E-state index contributed by atoms with van der Waals surface area (Å²) in [4.78, 5) is 2.00. The molecular formula is C19H15ClFN5. The molecule has 2 atom stereocenters. The maximum absolute atomic E-state index is 14.1. The average molecular weight is 368 g/mol. The number of nitriles is 3. The minimum absolute atomic E-state index is 0.0950. The monoisotopic (exact) mass is 367 g/mol. The van der Waals surface area contributed by atoms with Gasteiger partial charge < -0.3 is 10.6 Å². The van der Waals surface area contributed by atoms with E-state index in [4.69, 9.17) is 17.3 Å². The van der Waals surface area contributed by atoms with Crippen LogP contribution in [-0.4, -0.2) is 25.0 Å². The summed E-state index contributed by atoms with van der Waals surface area (Å²) >= 11 is 6.20. The van der Waals surface area contributed by atoms with Gasteiger partial charge >= 0.3 is 0 Å². The van der Waals surface area contributed by atoms with Gasteiger partial charge in [-0.15, -0.1) is 0 Å². The zero-order valence-electron chi connectivity index (χ0n) is 14.0. The van der Waals surface area contributed by atoms with Crippen LogP contribution in [0.1, 0.15) is 11.5 Å². The Kier molecular flexibility index (Phi) is 4.46. The van der Waals surface area contributed by atoms with Crippen LogP contribution in [0.5, 0.6) is 0 Å². The second-order valence-electron chi connectivity index (χ2n) is 6.54. The fourth-order valence-electron chi connectivity index (χ4n) is 3.93. The largest absolute Gasteiger partial charge is 0.399 e. The van der Waals surface area contributed by atoms with Crippen LogP contribution in [0, 0.1) is 51.1 Å². The topological polar surface area (TPSA) is 101 Å². The van der Waals surface area contributed by atoms with Gasteiger partial charge in [0.1, 0.15) is 11.9 Å². The van der Waals surface area contributed by atoms with Crippen LogP contribution >= 0.6 is 11.6 Å². The second kappa shape index (κ2) is 6.46. The van der Waals surface area contributed by atoms with E-state index in [9.17, 15) is 20.2 Å². The molecule has 0 fully saturated rings. The van der Waals surface area contributed by atoms with E-state index in [0.29, 0.717) is 24.2 Å². The third kappa shape index (κ3) is 2.37. The van der Waals surface area contributed by atoms with E-state index in [1.54, 1.807) is 6.07 Å². The van der Waals surface area contributed by atoms with Crippen LogP contribution in [0.25, 0.3) is 0 Å². The van der Waals surface area contributed by atoms with Gasteiger partial charge in [0.2, 0.25) is 0 Å². The standard InChI is InChI=1S/C19H15ClFN5/c1-26-6-5-11-13(7-22)18(25)19(9-23,10-24)16(14(11)8-26)12-3-2-4-15(21)17(12)20/h2-5,14,16H,6,8,25H2,1H3/t14-,16-/m1/s1. The van der Waals surface area contributed by atoms with E-state index in [1.807, 2.05) is 36.2 Å². The summed E-state index contributed by atoms with van der Waals surface area (Å²) in [6, 6.07) is 10.4. The van der Waals surface area contributed by atoms with E-state index < -0.39 is 17.2 Å². The molecule has 0 unspecified atom stereocenters. The van der Waals surface area contributed by atoms with Gasteiger partial charge in [0.05, 0.1) is 28.4 Å². The summed E-state index contributed by atoms with van der Waals surface area (Å²) in [6.45, 7) is 1.10. The summed E-state index contributed by atoms with van der Waals surface area (Å²) in [6.07, 6.45) is 1.87. The van der Waals surface area contributed by atoms with Gasteiger partial charge in [-0.25, -0.2) is 4.39 Å². The molecule has 2 aliphatic rings. The highest BCUT2D eigenvalue weighted by Crippen LogP contribution is 2.55. The van der Waals surface area contributed by atoms with Crippen LogP contribution in [0.4, 0.5) is 4.39 Å². The molecule has 5 nitrogen and oxygen atoms in total. The van der Waals surface area contributed by atoms with Crippen molar-refractivity contribution in [2.45, 2.75) is 5.92 Å². The third-order valence-electron chi connectivity index (χ3n) is 5.16. The van der Waals surface area contributed by atoms with Gasteiger partial charge in [0.25, 0.3) is 0 Å². The van der Waals surface area contributed by atoms with Crippen molar-refractivity contribution in [2.75, 3.05) is 20.1 Å². The number of nitrogens with zero attached hydrogens (tertiary/aromatic N) is 4. The number of hydrogen-bond acceptors (Lipinski definition) is 5. The highest BCUT2D eigenvalue weighted by Gasteiger charge is 2.54. The minimum Gasteiger partial charge on any atom is -0.399 e. The highest BCUT2D eigenvalue weighted by atomic mass is 35.5. The summed E-state index contributed by atoms with van der Waals surface area (Å²) in [5.74, 6) is -1.79. The maximum Gasteiger partial charge on any atom is 0.191 e. The number of hydrogen-bond donors (Lipinski definition) is 1. The minimum atomic E-state index is -1.80. The Morgan fingerprint density at radius 1 is 1.31 bits per heavy atom. The van der Waals surface area contributed by atoms with Crippen molar-refractivity contribution in [3.05, 3.63) is 57.5 Å². The Morgan fingerprint density at radius 2 is 2.00 bits per heavy atom. The van der Waals surface area contributed by atoms with E-state index in [-0.39, 0.29) is 22.2 Å². The van der Waals surface area contributed by atoms with Crippen LogP contribution in [0.3, 0.4) is 0 Å². The van der Waals surface area contributed by atoms with Crippen LogP contribution in [0.15, 0.2) is 41.1 Å². The van der Waals surface area contributed by atoms with Crippen molar-refractivity contribution in [3.63, 3.8) is 0 Å². The van der Waals surface area contributed by atoms with Gasteiger partial charge in [-0.05, 0) is 24.3 Å². The zero-order chi connectivity index (χ0) is 19.1. The Morgan fingerprint density at radius 3 is 2.62 bits per heavy atom. The van der Waals surface area contributed by atoms with Gasteiger partial charge in [-0.3, -0.25) is 0 Å². The Bertz CT molecular complexity index is 946. The van der Waals surface area contributed by atoms with Crippen molar-refractivity contribution < 1.29 is 4.39 Å². The first kappa shape index (κ1) is 18.0. The van der Waals surface area contributed by atoms with Gasteiger partial charge in [0, 0.05) is 24.9 Å². The van der Waals surface area contributed by atoms with Gasteiger partial charge in [0.15, 0.2) is 5.41 Å². The van der Waals surface area contributed by atoms with Crippen LogP contribution in [0.2, 0.25) is 5.02 Å². The maximum atomic E-state index is 14.1. The van der Waals surface area contributed by atoms with Crippen molar-refractivity contribution in [3.8, 4) is 18.2 Å². The molecule has 1 aromatic carbocycles. The number of rotatable bonds is 1. The van der Waals surface area contributed by atoms with Crippen molar-refractivity contribution in [1.29, 1.82) is 15.8 Å². The summed E-state index contributed by atoms with van der Waals surface area (Å²) in [7, 11) is 1.89. The molecule has 0 saturated heterocycles. The first-order valence-electron chi connectivity index (χ1n) is 7.97. The summed E-state index contributed by atoms with van der Waals surface area (Å²) in [5, 5.41) is 29.3. The zero-order valence-corrected chi connectivity index (χ0v) is 14.8. The fraction of sp³-hybridized carbons (Fsp3) is 0.316. The molecule has 130 valence electrons. The molecule has 0 spiro atoms. The lowest BCUT2D eigenvalue weighted by molar-refractivity contribution is 0.237. The van der Waals surface area contributed by atoms with Crippen molar-refractivity contribution >= 4 is 11.6 Å². The lowest BCUT2D eigenvalue weighted by atomic mass is 9.58. The molecule has 0 bridgehead atoms. The summed E-state index contributed by atoms with van der Waals surface area (Å²) < 4.78 is 14.1. The summed E-state index contributed by atoms with van der Waals surface area (Å²) in [5.41, 5.74) is 5.47. The first-order valence-corrected chi connectivity index (χ1v) is 8.34. The number of allylic oxidation sites excluding steroid dienone is 2. The average Bonchev–Trinajstić information content (AvgIpc) is 2.64. The first-order chi connectivity index (χ1) is 12.4. The number of halogens is 2. The molecule has 1 aliphatic heterocycles. The molecular weight excluding hydrogens is 353 g/mol. The van der Waals surface area contributed by atoms with Gasteiger partial charge in [-0.1, -0.05) is 29.8 Å². The van der Waals surface area contributed by atoms with E-state index in [0.717, 1.165) is 0 Å². The molecule has 26 heavy (non-hydrogen) atoms. The number of benzene rings is 1. The van der Waals surface area contributed by atoms with E-state index >= 15 is 0 Å². The molecule has 0 amide bonds. The molecule has 0 aromatic heterocycles. The van der Waals surface area contributed by atoms with Crippen LogP contribution in [-0.2, 0) is 0 Å². The normalized spacial score (nSPS) is 24.7. The SMILES string of the molecule is CN1CC=C2C(C#N)=C(N)C(C#N)(C#N)[C@H](c3cccc(F)c3Cl)[C@@H]2C1. The number of nitrogens with two attached hydrogens (primary N) is 1. The van der Waals surface area contributed by atoms with E-state index in [2.05, 4.69) is 0 Å². The Hall–Kier alpha value is -2.85. The number of likely N-dealkylation sites (N-methyl/N-ethyl adjacent to an activating group) is 1. The van der Waals surface area contributed by atoms with Crippen molar-refractivity contribution in [2.24, 2.45) is 17.1 Å². The van der Waals surface area contributed by atoms with Gasteiger partial charge in [-0.2, -0.15) is 15.8 Å². The van der Waals surface area contributed by atoms with Crippen molar-refractivity contribution in [1.82, 2.24) is 4.90 Å². The molecule has 1 heterocycles. The second-order valence-corrected chi connectivity index (χ2v) is 6.92. The lowest BCUT2D eigenvalue weighted by Crippen LogP contribution is -2.47. The Labute approximate surface area is 156 Å². The van der Waals surface area contributed by atoms with E-state index in [1.165, 1.54) is 12.1 Å². The molecule has 1 aliphatic carbocycles. The third-order valence-corrected chi connectivity index (χ3v) is 5.56. The molecule has 7 heteroatoms.